The molecule has 2 rings (SSSR count). The summed E-state index contributed by atoms with van der Waals surface area (Å²) in [6, 6.07) is 3.94. The fourth-order valence-corrected chi connectivity index (χ4v) is 4.03. The highest BCUT2D eigenvalue weighted by Gasteiger charge is 2.38. The largest absolute Gasteiger partial charge is 0.355 e. The molecule has 20 heavy (non-hydrogen) atoms. The smallest absolute Gasteiger partial charge is 0.227 e. The second kappa shape index (κ2) is 7.43. The molecule has 0 radical (unpaired) electrons. The number of hydrogen-bond donors (Lipinski definition) is 2. The van der Waals surface area contributed by atoms with Crippen LogP contribution in [0.2, 0.25) is 4.34 Å². The zero-order valence-electron chi connectivity index (χ0n) is 12.0. The molecule has 0 aliphatic carbocycles. The van der Waals surface area contributed by atoms with Gasteiger partial charge in [0.15, 0.2) is 0 Å². The van der Waals surface area contributed by atoms with Crippen LogP contribution in [0.25, 0.3) is 0 Å². The summed E-state index contributed by atoms with van der Waals surface area (Å²) in [7, 11) is 0. The van der Waals surface area contributed by atoms with Gasteiger partial charge in [0, 0.05) is 18.0 Å². The molecule has 112 valence electrons. The molecule has 1 amide bonds. The van der Waals surface area contributed by atoms with Gasteiger partial charge in [-0.3, -0.25) is 4.79 Å². The van der Waals surface area contributed by atoms with E-state index >= 15 is 0 Å². The Morgan fingerprint density at radius 2 is 2.40 bits per heavy atom. The fraction of sp³-hybridized carbons (Fsp3) is 0.667. The number of halogens is 1. The van der Waals surface area contributed by atoms with Crippen molar-refractivity contribution in [1.29, 1.82) is 0 Å². The van der Waals surface area contributed by atoms with Gasteiger partial charge in [0.05, 0.1) is 9.75 Å². The van der Waals surface area contributed by atoms with E-state index in [9.17, 15) is 4.79 Å². The second-order valence-corrected chi connectivity index (χ2v) is 7.32. The quantitative estimate of drug-likeness (QED) is 0.846. The number of thiophene rings is 1. The molecule has 1 aliphatic rings. The number of rotatable bonds is 6. The van der Waals surface area contributed by atoms with Crippen LogP contribution in [0.4, 0.5) is 0 Å². The van der Waals surface area contributed by atoms with Crippen molar-refractivity contribution in [3.8, 4) is 0 Å². The number of amides is 1. The van der Waals surface area contributed by atoms with Crippen LogP contribution >= 0.6 is 22.9 Å². The third kappa shape index (κ3) is 3.96. The molecular weight excluding hydrogens is 292 g/mol. The Hall–Kier alpha value is -0.580. The highest BCUT2D eigenvalue weighted by atomic mass is 35.5. The molecule has 1 aromatic rings. The van der Waals surface area contributed by atoms with Crippen molar-refractivity contribution in [3.05, 3.63) is 21.3 Å². The first-order valence-electron chi connectivity index (χ1n) is 7.39. The van der Waals surface area contributed by atoms with E-state index in [4.69, 9.17) is 11.6 Å². The van der Waals surface area contributed by atoms with E-state index in [2.05, 4.69) is 17.6 Å². The molecule has 1 aliphatic heterocycles. The first-order valence-corrected chi connectivity index (χ1v) is 8.59. The van der Waals surface area contributed by atoms with Crippen LogP contribution in [-0.2, 0) is 11.2 Å². The van der Waals surface area contributed by atoms with Gasteiger partial charge < -0.3 is 10.6 Å². The number of carbonyl (C=O) groups excluding carboxylic acids is 1. The molecule has 1 atom stereocenters. The van der Waals surface area contributed by atoms with Crippen LogP contribution in [0.1, 0.15) is 37.5 Å². The fourth-order valence-electron chi connectivity index (χ4n) is 2.94. The van der Waals surface area contributed by atoms with Crippen molar-refractivity contribution in [2.45, 2.75) is 39.0 Å². The molecule has 1 unspecified atom stereocenters. The lowest BCUT2D eigenvalue weighted by molar-refractivity contribution is -0.132. The minimum Gasteiger partial charge on any atom is -0.355 e. The zero-order valence-corrected chi connectivity index (χ0v) is 13.6. The second-order valence-electron chi connectivity index (χ2n) is 5.52. The van der Waals surface area contributed by atoms with Crippen molar-refractivity contribution >= 4 is 28.8 Å². The van der Waals surface area contributed by atoms with Crippen molar-refractivity contribution in [3.63, 3.8) is 0 Å². The van der Waals surface area contributed by atoms with Crippen LogP contribution in [0.5, 0.6) is 0 Å². The lowest BCUT2D eigenvalue weighted by Gasteiger charge is -2.36. The van der Waals surface area contributed by atoms with Crippen LogP contribution in [0.3, 0.4) is 0 Å². The van der Waals surface area contributed by atoms with Gasteiger partial charge in [-0.1, -0.05) is 24.9 Å². The van der Waals surface area contributed by atoms with Crippen LogP contribution < -0.4 is 10.6 Å². The number of hydrogen-bond acceptors (Lipinski definition) is 3. The lowest BCUT2D eigenvalue weighted by atomic mass is 9.76. The van der Waals surface area contributed by atoms with Gasteiger partial charge in [-0.05, 0) is 44.4 Å². The molecule has 1 saturated heterocycles. The van der Waals surface area contributed by atoms with Gasteiger partial charge in [0.1, 0.15) is 0 Å². The maximum atomic E-state index is 12.5. The summed E-state index contributed by atoms with van der Waals surface area (Å²) < 4.78 is 0.810. The van der Waals surface area contributed by atoms with Crippen molar-refractivity contribution in [2.24, 2.45) is 5.41 Å². The number of nitrogens with one attached hydrogen (secondary N) is 2. The maximum Gasteiger partial charge on any atom is 0.227 e. The molecule has 0 bridgehead atoms. The third-order valence-corrected chi connectivity index (χ3v) is 5.26. The predicted octanol–water partition coefficient (Wildman–Crippen LogP) is 3.23. The molecule has 0 aromatic carbocycles. The standard InChI is InChI=1S/C15H23ClN2OS/c1-2-7-15(8-3-9-17-11-15)14(19)18-10-6-12-4-5-13(16)20-12/h4-5,17H,2-3,6-11H2,1H3,(H,18,19). The molecule has 1 fully saturated rings. The Bertz CT molecular complexity index is 435. The third-order valence-electron chi connectivity index (χ3n) is 3.97. The van der Waals surface area contributed by atoms with Crippen molar-refractivity contribution in [2.75, 3.05) is 19.6 Å². The van der Waals surface area contributed by atoms with E-state index in [0.717, 1.165) is 49.5 Å². The minimum atomic E-state index is -0.194. The summed E-state index contributed by atoms with van der Waals surface area (Å²) in [5, 5.41) is 6.50. The summed E-state index contributed by atoms with van der Waals surface area (Å²) in [6.07, 6.45) is 4.98. The van der Waals surface area contributed by atoms with Gasteiger partial charge >= 0.3 is 0 Å². The van der Waals surface area contributed by atoms with Gasteiger partial charge in [0.25, 0.3) is 0 Å². The Morgan fingerprint density at radius 1 is 1.55 bits per heavy atom. The monoisotopic (exact) mass is 314 g/mol. The van der Waals surface area contributed by atoms with E-state index in [1.165, 1.54) is 4.88 Å². The Morgan fingerprint density at radius 3 is 3.00 bits per heavy atom. The van der Waals surface area contributed by atoms with E-state index in [-0.39, 0.29) is 11.3 Å². The number of piperidine rings is 1. The molecule has 5 heteroatoms. The summed E-state index contributed by atoms with van der Waals surface area (Å²) in [5.74, 6) is 0.217. The topological polar surface area (TPSA) is 41.1 Å². The Labute approximate surface area is 130 Å². The van der Waals surface area contributed by atoms with Gasteiger partial charge in [0.2, 0.25) is 5.91 Å². The summed E-state index contributed by atoms with van der Waals surface area (Å²) in [4.78, 5) is 13.8. The molecule has 0 saturated carbocycles. The molecule has 1 aromatic heterocycles. The van der Waals surface area contributed by atoms with E-state index in [1.54, 1.807) is 11.3 Å². The maximum absolute atomic E-state index is 12.5. The van der Waals surface area contributed by atoms with Crippen LogP contribution in [-0.4, -0.2) is 25.5 Å². The first-order chi connectivity index (χ1) is 9.66. The summed E-state index contributed by atoms with van der Waals surface area (Å²) in [6.45, 7) is 4.70. The lowest BCUT2D eigenvalue weighted by Crippen LogP contribution is -2.50. The van der Waals surface area contributed by atoms with Crippen LogP contribution in [0, 0.1) is 5.41 Å². The van der Waals surface area contributed by atoms with E-state index < -0.39 is 0 Å². The average molecular weight is 315 g/mol. The minimum absolute atomic E-state index is 0.194. The van der Waals surface area contributed by atoms with Gasteiger partial charge in [-0.15, -0.1) is 11.3 Å². The molecule has 3 nitrogen and oxygen atoms in total. The van der Waals surface area contributed by atoms with Crippen molar-refractivity contribution < 1.29 is 4.79 Å². The predicted molar refractivity (Wildman–Crippen MR) is 85.5 cm³/mol. The Balaban J connectivity index is 1.85. The highest BCUT2D eigenvalue weighted by Crippen LogP contribution is 2.31. The van der Waals surface area contributed by atoms with Crippen LogP contribution in [0.15, 0.2) is 12.1 Å². The highest BCUT2D eigenvalue weighted by molar-refractivity contribution is 7.16. The molecule has 0 spiro atoms. The molecule has 2 N–H and O–H groups in total. The zero-order chi connectivity index (χ0) is 14.4. The van der Waals surface area contributed by atoms with Crippen molar-refractivity contribution in [1.82, 2.24) is 10.6 Å². The Kier molecular flexibility index (Phi) is 5.87. The van der Waals surface area contributed by atoms with Gasteiger partial charge in [-0.25, -0.2) is 0 Å². The normalized spacial score (nSPS) is 22.7. The van der Waals surface area contributed by atoms with Gasteiger partial charge in [-0.2, -0.15) is 0 Å². The van der Waals surface area contributed by atoms with E-state index in [1.807, 2.05) is 12.1 Å². The molecular formula is C15H23ClN2OS. The summed E-state index contributed by atoms with van der Waals surface area (Å²) >= 11 is 7.50. The number of carbonyl (C=O) groups is 1. The summed E-state index contributed by atoms with van der Waals surface area (Å²) in [5.41, 5.74) is -0.194. The average Bonchev–Trinajstić information content (AvgIpc) is 2.86. The molecule has 2 heterocycles. The SMILES string of the molecule is CCCC1(C(=O)NCCc2ccc(Cl)s2)CCCNC1. The van der Waals surface area contributed by atoms with E-state index in [0.29, 0.717) is 6.54 Å². The first kappa shape index (κ1) is 15.8.